The normalized spacial score (nSPS) is 20.6. The summed E-state index contributed by atoms with van der Waals surface area (Å²) in [5.41, 5.74) is -0.273. The first kappa shape index (κ1) is 18.3. The number of hydrogen-bond donors (Lipinski definition) is 3. The van der Waals surface area contributed by atoms with Gasteiger partial charge in [-0.2, -0.15) is 0 Å². The van der Waals surface area contributed by atoms with Crippen LogP contribution in [-0.4, -0.2) is 34.1 Å². The van der Waals surface area contributed by atoms with Gasteiger partial charge in [-0.25, -0.2) is 0 Å². The summed E-state index contributed by atoms with van der Waals surface area (Å²) in [7, 11) is 1.41. The summed E-state index contributed by atoms with van der Waals surface area (Å²) >= 11 is 0. The van der Waals surface area contributed by atoms with Gasteiger partial charge in [0.05, 0.1) is 11.1 Å². The molecule has 7 nitrogen and oxygen atoms in total. The summed E-state index contributed by atoms with van der Waals surface area (Å²) < 4.78 is 16.9. The van der Waals surface area contributed by atoms with E-state index >= 15 is 0 Å². The zero-order chi connectivity index (χ0) is 20.2. The zero-order valence-corrected chi connectivity index (χ0v) is 15.6. The van der Waals surface area contributed by atoms with Crippen LogP contribution in [0.25, 0.3) is 22.1 Å². The minimum Gasteiger partial charge on any atom is -0.508 e. The van der Waals surface area contributed by atoms with Gasteiger partial charge >= 0.3 is 0 Å². The molecule has 0 spiro atoms. The van der Waals surface area contributed by atoms with E-state index in [2.05, 4.69) is 0 Å². The van der Waals surface area contributed by atoms with Gasteiger partial charge in [-0.1, -0.05) is 12.1 Å². The smallest absolute Gasteiger partial charge is 0.204 e. The van der Waals surface area contributed by atoms with Crippen molar-refractivity contribution in [2.24, 2.45) is 0 Å². The Hall–Kier alpha value is -3.03. The van der Waals surface area contributed by atoms with E-state index in [1.165, 1.54) is 31.6 Å². The van der Waals surface area contributed by atoms with Gasteiger partial charge in [0.2, 0.25) is 5.43 Å². The second-order valence-electron chi connectivity index (χ2n) is 7.34. The predicted octanol–water partition coefficient (Wildman–Crippen LogP) is 3.09. The fraction of sp³-hybridized carbons (Fsp3) is 0.286. The lowest BCUT2D eigenvalue weighted by Gasteiger charge is -2.41. The quantitative estimate of drug-likeness (QED) is 0.623. The molecule has 7 heteroatoms. The summed E-state index contributed by atoms with van der Waals surface area (Å²) in [6.45, 7) is 3.41. The lowest BCUT2D eigenvalue weighted by atomic mass is 9.87. The van der Waals surface area contributed by atoms with Gasteiger partial charge in [0.25, 0.3) is 0 Å². The molecular formula is C21H20O7. The van der Waals surface area contributed by atoms with Crippen molar-refractivity contribution in [1.82, 2.24) is 0 Å². The molecule has 1 aromatic heterocycles. The van der Waals surface area contributed by atoms with Crippen LogP contribution < -0.4 is 10.2 Å². The molecule has 2 heterocycles. The van der Waals surface area contributed by atoms with E-state index in [1.54, 1.807) is 26.0 Å². The summed E-state index contributed by atoms with van der Waals surface area (Å²) in [5.74, 6) is 0.0125. The molecule has 146 valence electrons. The Bertz CT molecular complexity index is 1110. The average molecular weight is 384 g/mol. The Morgan fingerprint density at radius 3 is 2.46 bits per heavy atom. The molecule has 1 aliphatic rings. The number of aliphatic hydroxyl groups is 1. The molecule has 0 radical (unpaired) electrons. The number of aromatic hydroxyl groups is 2. The third-order valence-corrected chi connectivity index (χ3v) is 5.13. The summed E-state index contributed by atoms with van der Waals surface area (Å²) in [4.78, 5) is 13.1. The third kappa shape index (κ3) is 2.63. The highest BCUT2D eigenvalue weighted by Gasteiger charge is 2.45. The molecule has 0 fully saturated rings. The molecule has 2 atom stereocenters. The van der Waals surface area contributed by atoms with Crippen molar-refractivity contribution in [3.63, 3.8) is 0 Å². The molecule has 0 saturated carbocycles. The molecular weight excluding hydrogens is 364 g/mol. The number of fused-ring (bicyclic) bond motifs is 2. The van der Waals surface area contributed by atoms with E-state index in [1.807, 2.05) is 0 Å². The molecule has 0 saturated heterocycles. The van der Waals surface area contributed by atoms with Crippen molar-refractivity contribution >= 4 is 11.0 Å². The van der Waals surface area contributed by atoms with Crippen LogP contribution in [0.1, 0.15) is 25.5 Å². The van der Waals surface area contributed by atoms with Gasteiger partial charge < -0.3 is 29.2 Å². The maximum atomic E-state index is 13.1. The summed E-state index contributed by atoms with van der Waals surface area (Å²) in [6, 6.07) is 7.59. The van der Waals surface area contributed by atoms with Crippen LogP contribution in [-0.2, 0) is 4.74 Å². The van der Waals surface area contributed by atoms with Crippen LogP contribution in [0.15, 0.2) is 45.8 Å². The minimum absolute atomic E-state index is 0.0260. The lowest BCUT2D eigenvalue weighted by Crippen LogP contribution is -2.49. The largest absolute Gasteiger partial charge is 0.508 e. The van der Waals surface area contributed by atoms with Gasteiger partial charge in [0, 0.05) is 13.2 Å². The number of methoxy groups -OCH3 is 1. The van der Waals surface area contributed by atoms with Crippen molar-refractivity contribution in [1.29, 1.82) is 0 Å². The van der Waals surface area contributed by atoms with Crippen molar-refractivity contribution in [2.45, 2.75) is 31.7 Å². The molecule has 3 N–H and O–H groups in total. The first-order valence-electron chi connectivity index (χ1n) is 8.75. The number of ether oxygens (including phenoxy) is 2. The van der Waals surface area contributed by atoms with Crippen LogP contribution in [0.4, 0.5) is 0 Å². The van der Waals surface area contributed by atoms with Crippen LogP contribution in [0.5, 0.6) is 17.2 Å². The van der Waals surface area contributed by atoms with E-state index in [9.17, 15) is 20.1 Å². The number of rotatable bonds is 2. The molecule has 0 bridgehead atoms. The Balaban J connectivity index is 1.99. The van der Waals surface area contributed by atoms with Crippen molar-refractivity contribution in [2.75, 3.05) is 7.11 Å². The Kier molecular flexibility index (Phi) is 4.10. The number of aliphatic hydroxyl groups excluding tert-OH is 1. The Morgan fingerprint density at radius 1 is 1.14 bits per heavy atom. The number of benzene rings is 2. The zero-order valence-electron chi connectivity index (χ0n) is 15.6. The maximum absolute atomic E-state index is 13.1. The number of hydrogen-bond acceptors (Lipinski definition) is 7. The molecule has 2 unspecified atom stereocenters. The summed E-state index contributed by atoms with van der Waals surface area (Å²) in [5, 5.41) is 30.9. The fourth-order valence-corrected chi connectivity index (χ4v) is 3.57. The highest BCUT2D eigenvalue weighted by molar-refractivity contribution is 5.90. The van der Waals surface area contributed by atoms with Crippen molar-refractivity contribution < 1.29 is 29.2 Å². The Labute approximate surface area is 160 Å². The molecule has 28 heavy (non-hydrogen) atoms. The Morgan fingerprint density at radius 2 is 1.82 bits per heavy atom. The second kappa shape index (κ2) is 6.25. The molecule has 1 aliphatic heterocycles. The third-order valence-electron chi connectivity index (χ3n) is 5.13. The molecule has 4 rings (SSSR count). The van der Waals surface area contributed by atoms with Gasteiger partial charge in [0.15, 0.2) is 0 Å². The first-order chi connectivity index (χ1) is 13.2. The molecule has 3 aromatic rings. The van der Waals surface area contributed by atoms with Gasteiger partial charge in [-0.15, -0.1) is 0 Å². The molecule has 0 amide bonds. The number of phenolic OH excluding ortho intramolecular Hbond substituents is 2. The highest BCUT2D eigenvalue weighted by Crippen LogP contribution is 2.48. The monoisotopic (exact) mass is 384 g/mol. The van der Waals surface area contributed by atoms with E-state index in [0.717, 1.165) is 0 Å². The van der Waals surface area contributed by atoms with E-state index in [0.29, 0.717) is 5.56 Å². The lowest BCUT2D eigenvalue weighted by molar-refractivity contribution is -0.124. The van der Waals surface area contributed by atoms with E-state index < -0.39 is 23.2 Å². The second-order valence-corrected chi connectivity index (χ2v) is 7.34. The van der Waals surface area contributed by atoms with Crippen LogP contribution >= 0.6 is 0 Å². The van der Waals surface area contributed by atoms with Crippen molar-refractivity contribution in [3.8, 4) is 28.4 Å². The minimum atomic E-state index is -1.05. The van der Waals surface area contributed by atoms with E-state index in [4.69, 9.17) is 13.9 Å². The molecule has 2 aromatic carbocycles. The van der Waals surface area contributed by atoms with Crippen LogP contribution in [0.3, 0.4) is 0 Å². The maximum Gasteiger partial charge on any atom is 0.204 e. The number of phenols is 2. The molecule has 0 aliphatic carbocycles. The van der Waals surface area contributed by atoms with Gasteiger partial charge in [-0.05, 0) is 31.5 Å². The SMILES string of the molecule is COC1c2c(cc3occ(-c4ccc(O)cc4)c(=O)c3c2O)OC(C)(C)C1O. The standard InChI is InChI=1S/C21H20O7/c1-21(2)20(25)19(26-3)16-14(28-21)8-13-15(18(16)24)17(23)12(9-27-13)10-4-6-11(22)7-5-10/h4-9,19-20,22,24-25H,1-3H3. The summed E-state index contributed by atoms with van der Waals surface area (Å²) in [6.07, 6.45) is -0.625. The van der Waals surface area contributed by atoms with Gasteiger partial charge in [-0.3, -0.25) is 4.79 Å². The highest BCUT2D eigenvalue weighted by atomic mass is 16.5. The van der Waals surface area contributed by atoms with E-state index in [-0.39, 0.29) is 39.3 Å². The predicted molar refractivity (Wildman–Crippen MR) is 102 cm³/mol. The first-order valence-corrected chi connectivity index (χ1v) is 8.75. The van der Waals surface area contributed by atoms with Crippen LogP contribution in [0.2, 0.25) is 0 Å². The average Bonchev–Trinajstić information content (AvgIpc) is 2.64. The van der Waals surface area contributed by atoms with Gasteiger partial charge in [0.1, 0.15) is 52.3 Å². The van der Waals surface area contributed by atoms with Crippen molar-refractivity contribution in [3.05, 3.63) is 52.4 Å². The van der Waals surface area contributed by atoms with Crippen LogP contribution in [0, 0.1) is 0 Å². The topological polar surface area (TPSA) is 109 Å². The fourth-order valence-electron chi connectivity index (χ4n) is 3.57.